The van der Waals surface area contributed by atoms with Crippen molar-refractivity contribution in [3.05, 3.63) is 89.5 Å². The topological polar surface area (TPSA) is 108 Å². The molecule has 0 bridgehead atoms. The van der Waals surface area contributed by atoms with Gasteiger partial charge in [0.15, 0.2) is 6.61 Å². The molecule has 0 radical (unpaired) electrons. The molecule has 9 nitrogen and oxygen atoms in total. The Morgan fingerprint density at radius 2 is 1.60 bits per heavy atom. The fourth-order valence-electron chi connectivity index (χ4n) is 4.50. The molecule has 1 fully saturated rings. The van der Waals surface area contributed by atoms with Crippen LogP contribution in [0.5, 0.6) is 5.75 Å². The first-order valence-electron chi connectivity index (χ1n) is 13.2. The van der Waals surface area contributed by atoms with Gasteiger partial charge in [0.2, 0.25) is 0 Å². The van der Waals surface area contributed by atoms with Crippen LogP contribution in [0.3, 0.4) is 0 Å². The van der Waals surface area contributed by atoms with Gasteiger partial charge in [0.1, 0.15) is 12.3 Å². The third kappa shape index (κ3) is 7.69. The van der Waals surface area contributed by atoms with E-state index in [9.17, 15) is 18.0 Å². The molecular formula is C30H34N4O5S. The number of hydrogen-bond acceptors (Lipinski definition) is 6. The summed E-state index contributed by atoms with van der Waals surface area (Å²) in [6.07, 6.45) is 4.67. The number of nitrogens with one attached hydrogen (secondary N) is 1. The highest BCUT2D eigenvalue weighted by Crippen LogP contribution is 2.25. The van der Waals surface area contributed by atoms with Crippen LogP contribution in [-0.4, -0.2) is 57.6 Å². The Hall–Kier alpha value is -4.18. The average Bonchev–Trinajstić information content (AvgIpc) is 2.95. The first kappa shape index (κ1) is 28.8. The summed E-state index contributed by atoms with van der Waals surface area (Å²) in [7, 11) is -4.00. The molecule has 10 heteroatoms. The average molecular weight is 563 g/mol. The molecule has 0 saturated carbocycles. The maximum absolute atomic E-state index is 13.5. The van der Waals surface area contributed by atoms with Crippen molar-refractivity contribution in [3.63, 3.8) is 0 Å². The van der Waals surface area contributed by atoms with Gasteiger partial charge in [-0.05, 0) is 98.3 Å². The first-order valence-corrected chi connectivity index (χ1v) is 14.6. The van der Waals surface area contributed by atoms with Crippen LogP contribution in [0.15, 0.2) is 82.8 Å². The molecule has 0 spiro atoms. The number of benzene rings is 3. The van der Waals surface area contributed by atoms with Gasteiger partial charge in [-0.2, -0.15) is 5.10 Å². The van der Waals surface area contributed by atoms with Gasteiger partial charge in [0.25, 0.3) is 21.8 Å². The molecule has 1 aliphatic heterocycles. The quantitative estimate of drug-likeness (QED) is 0.296. The van der Waals surface area contributed by atoms with Gasteiger partial charge >= 0.3 is 0 Å². The van der Waals surface area contributed by atoms with Crippen molar-refractivity contribution < 1.29 is 22.7 Å². The van der Waals surface area contributed by atoms with Crippen molar-refractivity contribution in [1.82, 2.24) is 10.3 Å². The maximum atomic E-state index is 13.5. The molecule has 1 heterocycles. The lowest BCUT2D eigenvalue weighted by Gasteiger charge is -2.26. The number of carbonyl (C=O) groups is 2. The second-order valence-electron chi connectivity index (χ2n) is 9.76. The van der Waals surface area contributed by atoms with Crippen molar-refractivity contribution >= 4 is 33.7 Å². The lowest BCUT2D eigenvalue weighted by Crippen LogP contribution is -2.39. The van der Waals surface area contributed by atoms with E-state index >= 15 is 0 Å². The van der Waals surface area contributed by atoms with E-state index in [2.05, 4.69) is 10.5 Å². The zero-order valence-electron chi connectivity index (χ0n) is 22.7. The highest BCUT2D eigenvalue weighted by atomic mass is 32.2. The van der Waals surface area contributed by atoms with Crippen molar-refractivity contribution in [2.45, 2.75) is 38.0 Å². The van der Waals surface area contributed by atoms with Crippen LogP contribution in [-0.2, 0) is 19.6 Å². The number of hydrogen-bond donors (Lipinski definition) is 1. The Bertz CT molecular complexity index is 1430. The Morgan fingerprint density at radius 1 is 0.950 bits per heavy atom. The SMILES string of the molecule is Cc1cc(C)cc(N(CC(=O)N/N=C\c2ccc(OCC(=O)N3CCCCC3)cc2)S(=O)(=O)c2ccccc2)c1. The van der Waals surface area contributed by atoms with Crippen LogP contribution in [0.2, 0.25) is 0 Å². The number of nitrogens with zero attached hydrogens (tertiary/aromatic N) is 3. The van der Waals surface area contributed by atoms with E-state index in [4.69, 9.17) is 4.74 Å². The van der Waals surface area contributed by atoms with E-state index in [0.29, 0.717) is 17.0 Å². The molecule has 4 rings (SSSR count). The van der Waals surface area contributed by atoms with E-state index in [1.807, 2.05) is 24.8 Å². The molecular weight excluding hydrogens is 528 g/mol. The van der Waals surface area contributed by atoms with E-state index < -0.39 is 22.5 Å². The highest BCUT2D eigenvalue weighted by Gasteiger charge is 2.27. The molecule has 0 aliphatic carbocycles. The molecule has 40 heavy (non-hydrogen) atoms. The van der Waals surface area contributed by atoms with Gasteiger partial charge in [-0.25, -0.2) is 13.8 Å². The van der Waals surface area contributed by atoms with E-state index in [-0.39, 0.29) is 17.4 Å². The van der Waals surface area contributed by atoms with Crippen molar-refractivity contribution in [3.8, 4) is 5.75 Å². The third-order valence-corrected chi connectivity index (χ3v) is 8.25. The smallest absolute Gasteiger partial charge is 0.264 e. The summed E-state index contributed by atoms with van der Waals surface area (Å²) in [4.78, 5) is 27.0. The molecule has 3 aromatic rings. The lowest BCUT2D eigenvalue weighted by molar-refractivity contribution is -0.134. The van der Waals surface area contributed by atoms with Gasteiger partial charge in [-0.1, -0.05) is 24.3 Å². The Balaban J connectivity index is 1.38. The molecule has 0 aromatic heterocycles. The number of amides is 2. The fraction of sp³-hybridized carbons (Fsp3) is 0.300. The summed E-state index contributed by atoms with van der Waals surface area (Å²) in [5, 5.41) is 4.00. The van der Waals surface area contributed by atoms with E-state index in [1.54, 1.807) is 54.6 Å². The van der Waals surface area contributed by atoms with Crippen LogP contribution >= 0.6 is 0 Å². The van der Waals surface area contributed by atoms with Gasteiger partial charge in [0, 0.05) is 13.1 Å². The molecule has 210 valence electrons. The number of anilines is 1. The number of likely N-dealkylation sites (tertiary alicyclic amines) is 1. The fourth-order valence-corrected chi connectivity index (χ4v) is 5.93. The van der Waals surface area contributed by atoms with Crippen LogP contribution in [0.25, 0.3) is 0 Å². The summed E-state index contributed by atoms with van der Waals surface area (Å²) in [6, 6.07) is 20.3. The Labute approximate surface area is 235 Å². The number of hydrazone groups is 1. The Morgan fingerprint density at radius 3 is 2.25 bits per heavy atom. The number of piperidine rings is 1. The molecule has 1 N–H and O–H groups in total. The molecule has 1 saturated heterocycles. The molecule has 1 aliphatic rings. The minimum Gasteiger partial charge on any atom is -0.484 e. The van der Waals surface area contributed by atoms with Crippen molar-refractivity contribution in [2.24, 2.45) is 5.10 Å². The summed E-state index contributed by atoms with van der Waals surface area (Å²) < 4.78 is 33.7. The number of sulfonamides is 1. The number of aryl methyl sites for hydroxylation is 2. The molecule has 0 unspecified atom stereocenters. The van der Waals surface area contributed by atoms with Crippen LogP contribution in [0, 0.1) is 13.8 Å². The normalized spacial score (nSPS) is 13.7. The van der Waals surface area contributed by atoms with Crippen LogP contribution in [0.4, 0.5) is 5.69 Å². The second-order valence-corrected chi connectivity index (χ2v) is 11.6. The standard InChI is InChI=1S/C30H34N4O5S/c1-23-17-24(2)19-26(18-23)34(40(37,38)28-9-5-3-6-10-28)21-29(35)32-31-20-25-11-13-27(14-12-25)39-22-30(36)33-15-7-4-8-16-33/h3,5-6,9-14,17-20H,4,7-8,15-16,21-22H2,1-2H3,(H,32,35)/b31-20-. The zero-order valence-corrected chi connectivity index (χ0v) is 23.6. The second kappa shape index (κ2) is 13.3. The maximum Gasteiger partial charge on any atom is 0.264 e. The largest absolute Gasteiger partial charge is 0.484 e. The highest BCUT2D eigenvalue weighted by molar-refractivity contribution is 7.92. The van der Waals surface area contributed by atoms with Crippen molar-refractivity contribution in [2.75, 3.05) is 30.5 Å². The summed E-state index contributed by atoms with van der Waals surface area (Å²) >= 11 is 0. The minimum absolute atomic E-state index is 0.00759. The molecule has 0 atom stereocenters. The Kier molecular flexibility index (Phi) is 9.55. The first-order chi connectivity index (χ1) is 19.2. The lowest BCUT2D eigenvalue weighted by atomic mass is 10.1. The summed E-state index contributed by atoms with van der Waals surface area (Å²) in [5.41, 5.74) is 5.27. The third-order valence-electron chi connectivity index (χ3n) is 6.47. The number of rotatable bonds is 10. The predicted molar refractivity (Wildman–Crippen MR) is 155 cm³/mol. The van der Waals surface area contributed by atoms with E-state index in [0.717, 1.165) is 47.8 Å². The van der Waals surface area contributed by atoms with Gasteiger partial charge in [-0.15, -0.1) is 0 Å². The zero-order chi connectivity index (χ0) is 28.5. The van der Waals surface area contributed by atoms with Crippen molar-refractivity contribution in [1.29, 1.82) is 0 Å². The summed E-state index contributed by atoms with van der Waals surface area (Å²) in [5.74, 6) is -0.0509. The minimum atomic E-state index is -4.00. The van der Waals surface area contributed by atoms with E-state index in [1.165, 1.54) is 18.3 Å². The van der Waals surface area contributed by atoms with Gasteiger partial charge in [-0.3, -0.25) is 13.9 Å². The van der Waals surface area contributed by atoms with Crippen LogP contribution in [0.1, 0.15) is 36.0 Å². The van der Waals surface area contributed by atoms with Crippen LogP contribution < -0.4 is 14.5 Å². The number of ether oxygens (including phenoxy) is 1. The summed E-state index contributed by atoms with van der Waals surface area (Å²) in [6.45, 7) is 4.85. The molecule has 3 aromatic carbocycles. The molecule has 2 amide bonds. The number of carbonyl (C=O) groups excluding carboxylic acids is 2. The predicted octanol–water partition coefficient (Wildman–Crippen LogP) is 4.04. The van der Waals surface area contributed by atoms with Gasteiger partial charge < -0.3 is 9.64 Å². The monoisotopic (exact) mass is 562 g/mol. The van der Waals surface area contributed by atoms with Gasteiger partial charge in [0.05, 0.1) is 16.8 Å².